The Labute approximate surface area is 108 Å². The van der Waals surface area contributed by atoms with E-state index in [1.165, 1.54) is 6.08 Å². The Morgan fingerprint density at radius 3 is 2.83 bits per heavy atom. The number of amides is 1. The summed E-state index contributed by atoms with van der Waals surface area (Å²) in [6.45, 7) is 8.63. The molecule has 1 aromatic rings. The molecule has 0 saturated heterocycles. The summed E-state index contributed by atoms with van der Waals surface area (Å²) in [6.07, 6.45) is 3.25. The van der Waals surface area contributed by atoms with Gasteiger partial charge in [-0.25, -0.2) is 0 Å². The van der Waals surface area contributed by atoms with Crippen LogP contribution in [0, 0.1) is 0 Å². The quantitative estimate of drug-likeness (QED) is 0.618. The molecule has 1 amide bonds. The highest BCUT2D eigenvalue weighted by atomic mass is 16.5. The van der Waals surface area contributed by atoms with Crippen molar-refractivity contribution in [1.29, 1.82) is 0 Å². The lowest BCUT2D eigenvalue weighted by Crippen LogP contribution is -2.22. The lowest BCUT2D eigenvalue weighted by Gasteiger charge is -2.06. The first-order chi connectivity index (χ1) is 8.63. The number of carbonyl (C=O) groups excluding carboxylic acids is 1. The van der Waals surface area contributed by atoms with Crippen LogP contribution in [0.15, 0.2) is 42.5 Å². The van der Waals surface area contributed by atoms with Gasteiger partial charge in [-0.1, -0.05) is 30.4 Å². The molecule has 0 unspecified atom stereocenters. The van der Waals surface area contributed by atoms with Crippen LogP contribution in [0.2, 0.25) is 0 Å². The summed E-state index contributed by atoms with van der Waals surface area (Å²) in [5.41, 5.74) is 1.82. The second kappa shape index (κ2) is 7.33. The molecule has 0 aliphatic rings. The van der Waals surface area contributed by atoms with Crippen LogP contribution in [-0.4, -0.2) is 19.1 Å². The number of carbonyl (C=O) groups is 1. The van der Waals surface area contributed by atoms with Gasteiger partial charge < -0.3 is 10.1 Å². The van der Waals surface area contributed by atoms with Crippen molar-refractivity contribution in [1.82, 2.24) is 5.32 Å². The molecule has 0 aliphatic carbocycles. The molecule has 1 aromatic carbocycles. The van der Waals surface area contributed by atoms with Crippen molar-refractivity contribution in [3.05, 3.63) is 48.1 Å². The predicted octanol–water partition coefficient (Wildman–Crippen LogP) is 2.79. The van der Waals surface area contributed by atoms with Gasteiger partial charge in [0.2, 0.25) is 5.91 Å². The molecule has 0 aromatic heterocycles. The largest absolute Gasteiger partial charge is 0.493 e. The van der Waals surface area contributed by atoms with Crippen LogP contribution < -0.4 is 10.1 Å². The zero-order valence-corrected chi connectivity index (χ0v) is 10.9. The number of rotatable bonds is 6. The van der Waals surface area contributed by atoms with Gasteiger partial charge in [-0.2, -0.15) is 0 Å². The molecule has 0 atom stereocenters. The van der Waals surface area contributed by atoms with Gasteiger partial charge in [0.25, 0.3) is 0 Å². The number of hydrogen-bond acceptors (Lipinski definition) is 2. The van der Waals surface area contributed by atoms with Crippen molar-refractivity contribution >= 4 is 12.0 Å². The van der Waals surface area contributed by atoms with E-state index in [2.05, 4.69) is 11.9 Å². The first-order valence-corrected chi connectivity index (χ1v) is 5.95. The third-order valence-electron chi connectivity index (χ3n) is 2.20. The lowest BCUT2D eigenvalue weighted by molar-refractivity contribution is -0.116. The van der Waals surface area contributed by atoms with E-state index in [4.69, 9.17) is 4.74 Å². The fraction of sp³-hybridized carbons (Fsp3) is 0.267. The van der Waals surface area contributed by atoms with Crippen LogP contribution in [0.3, 0.4) is 0 Å². The fourth-order valence-electron chi connectivity index (χ4n) is 1.37. The zero-order valence-electron chi connectivity index (χ0n) is 10.9. The molecule has 0 spiro atoms. The van der Waals surface area contributed by atoms with E-state index < -0.39 is 0 Å². The summed E-state index contributed by atoms with van der Waals surface area (Å²) in [5, 5.41) is 2.74. The van der Waals surface area contributed by atoms with E-state index in [0.717, 1.165) is 16.9 Å². The monoisotopic (exact) mass is 245 g/mol. The Morgan fingerprint density at radius 2 is 2.17 bits per heavy atom. The highest BCUT2D eigenvalue weighted by Gasteiger charge is 1.99. The maximum atomic E-state index is 11.5. The fourth-order valence-corrected chi connectivity index (χ4v) is 1.37. The Morgan fingerprint density at radius 1 is 1.44 bits per heavy atom. The lowest BCUT2D eigenvalue weighted by atomic mass is 10.2. The molecule has 0 aliphatic heterocycles. The SMILES string of the molecule is C=C(C)CNC(=O)/C=C/c1ccccc1OCC. The van der Waals surface area contributed by atoms with Gasteiger partial charge in [0.05, 0.1) is 6.61 Å². The maximum Gasteiger partial charge on any atom is 0.244 e. The number of para-hydroxylation sites is 1. The molecule has 1 rings (SSSR count). The maximum absolute atomic E-state index is 11.5. The minimum atomic E-state index is -0.135. The van der Waals surface area contributed by atoms with Gasteiger partial charge in [-0.15, -0.1) is 0 Å². The van der Waals surface area contributed by atoms with Gasteiger partial charge >= 0.3 is 0 Å². The Kier molecular flexibility index (Phi) is 5.71. The third-order valence-corrected chi connectivity index (χ3v) is 2.20. The van der Waals surface area contributed by atoms with Crippen molar-refractivity contribution in [3.63, 3.8) is 0 Å². The standard InChI is InChI=1S/C15H19NO2/c1-4-18-14-8-6-5-7-13(14)9-10-15(17)16-11-12(2)3/h5-10H,2,4,11H2,1,3H3,(H,16,17)/b10-9+. The van der Waals surface area contributed by atoms with Gasteiger partial charge in [0, 0.05) is 18.2 Å². The van der Waals surface area contributed by atoms with Crippen molar-refractivity contribution in [3.8, 4) is 5.75 Å². The molecule has 3 heteroatoms. The van der Waals surface area contributed by atoms with E-state index in [1.807, 2.05) is 38.1 Å². The third kappa shape index (κ3) is 4.87. The number of nitrogens with one attached hydrogen (secondary N) is 1. The Balaban J connectivity index is 2.65. The molecule has 0 radical (unpaired) electrons. The smallest absolute Gasteiger partial charge is 0.244 e. The van der Waals surface area contributed by atoms with Gasteiger partial charge in [-0.3, -0.25) is 4.79 Å². The van der Waals surface area contributed by atoms with E-state index >= 15 is 0 Å². The molecule has 1 N–H and O–H groups in total. The van der Waals surface area contributed by atoms with Crippen molar-refractivity contribution in [2.45, 2.75) is 13.8 Å². The van der Waals surface area contributed by atoms with E-state index in [-0.39, 0.29) is 5.91 Å². The van der Waals surface area contributed by atoms with Crippen LogP contribution in [0.1, 0.15) is 19.4 Å². The Hall–Kier alpha value is -2.03. The van der Waals surface area contributed by atoms with Gasteiger partial charge in [0.1, 0.15) is 5.75 Å². The van der Waals surface area contributed by atoms with Crippen LogP contribution in [0.4, 0.5) is 0 Å². The summed E-state index contributed by atoms with van der Waals surface area (Å²) in [4.78, 5) is 11.5. The molecule has 0 fully saturated rings. The summed E-state index contributed by atoms with van der Waals surface area (Å²) in [7, 11) is 0. The molecule has 3 nitrogen and oxygen atoms in total. The van der Waals surface area contributed by atoms with E-state index in [9.17, 15) is 4.79 Å². The van der Waals surface area contributed by atoms with Crippen LogP contribution in [-0.2, 0) is 4.79 Å². The minimum Gasteiger partial charge on any atom is -0.493 e. The van der Waals surface area contributed by atoms with Crippen molar-refractivity contribution < 1.29 is 9.53 Å². The molecular weight excluding hydrogens is 226 g/mol. The second-order valence-electron chi connectivity index (χ2n) is 3.98. The predicted molar refractivity (Wildman–Crippen MR) is 74.5 cm³/mol. The molecule has 0 heterocycles. The average molecular weight is 245 g/mol. The van der Waals surface area contributed by atoms with Crippen LogP contribution in [0.5, 0.6) is 5.75 Å². The van der Waals surface area contributed by atoms with Crippen LogP contribution >= 0.6 is 0 Å². The average Bonchev–Trinajstić information content (AvgIpc) is 2.35. The van der Waals surface area contributed by atoms with Crippen molar-refractivity contribution in [2.75, 3.05) is 13.2 Å². The first kappa shape index (κ1) is 14.0. The highest BCUT2D eigenvalue weighted by molar-refractivity contribution is 5.92. The summed E-state index contributed by atoms with van der Waals surface area (Å²) in [6, 6.07) is 7.61. The molecular formula is C15H19NO2. The topological polar surface area (TPSA) is 38.3 Å². The first-order valence-electron chi connectivity index (χ1n) is 5.95. The summed E-state index contributed by atoms with van der Waals surface area (Å²) in [5.74, 6) is 0.647. The van der Waals surface area contributed by atoms with E-state index in [1.54, 1.807) is 6.08 Å². The van der Waals surface area contributed by atoms with Gasteiger partial charge in [0.15, 0.2) is 0 Å². The number of hydrogen-bond donors (Lipinski definition) is 1. The minimum absolute atomic E-state index is 0.135. The molecule has 0 saturated carbocycles. The van der Waals surface area contributed by atoms with E-state index in [0.29, 0.717) is 13.2 Å². The van der Waals surface area contributed by atoms with Crippen molar-refractivity contribution in [2.24, 2.45) is 0 Å². The number of ether oxygens (including phenoxy) is 1. The molecule has 96 valence electrons. The number of benzene rings is 1. The molecule has 18 heavy (non-hydrogen) atoms. The zero-order chi connectivity index (χ0) is 13.4. The summed E-state index contributed by atoms with van der Waals surface area (Å²) < 4.78 is 5.47. The molecule has 0 bridgehead atoms. The normalized spacial score (nSPS) is 10.3. The summed E-state index contributed by atoms with van der Waals surface area (Å²) >= 11 is 0. The van der Waals surface area contributed by atoms with Crippen LogP contribution in [0.25, 0.3) is 6.08 Å². The van der Waals surface area contributed by atoms with Gasteiger partial charge in [-0.05, 0) is 26.0 Å². The second-order valence-corrected chi connectivity index (χ2v) is 3.98. The highest BCUT2D eigenvalue weighted by Crippen LogP contribution is 2.19. The Bertz CT molecular complexity index is 450.